The van der Waals surface area contributed by atoms with Crippen LogP contribution in [0.1, 0.15) is 47.1 Å². The summed E-state index contributed by atoms with van der Waals surface area (Å²) in [5.41, 5.74) is -0.0608. The highest BCUT2D eigenvalue weighted by Crippen LogP contribution is 2.41. The molecule has 0 aliphatic carbocycles. The van der Waals surface area contributed by atoms with Gasteiger partial charge in [-0.15, -0.1) is 11.6 Å². The first-order valence-electron chi connectivity index (χ1n) is 14.4. The molecule has 0 saturated carbocycles. The van der Waals surface area contributed by atoms with Crippen LogP contribution in [0.25, 0.3) is 0 Å². The van der Waals surface area contributed by atoms with Gasteiger partial charge >= 0.3 is 0 Å². The summed E-state index contributed by atoms with van der Waals surface area (Å²) in [4.78, 5) is 2.31. The predicted octanol–water partition coefficient (Wildman–Crippen LogP) is 5.45. The van der Waals surface area contributed by atoms with E-state index in [2.05, 4.69) is 95.0 Å². The maximum absolute atomic E-state index is 13.8. The van der Waals surface area contributed by atoms with Gasteiger partial charge in [-0.25, -0.2) is 8.42 Å². The number of nitrogens with zero attached hydrogens (tertiary/aromatic N) is 2. The van der Waals surface area contributed by atoms with Gasteiger partial charge in [0.05, 0.1) is 19.3 Å². The lowest BCUT2D eigenvalue weighted by atomic mass is 9.85. The van der Waals surface area contributed by atoms with Gasteiger partial charge in [0.15, 0.2) is 0 Å². The number of likely N-dealkylation sites (tertiary alicyclic amines) is 1. The number of methoxy groups -OCH3 is 1. The molecule has 1 saturated heterocycles. The summed E-state index contributed by atoms with van der Waals surface area (Å²) < 4.78 is 41.9. The molecule has 0 N–H and O–H groups in total. The molecule has 228 valence electrons. The molecular weight excluding hydrogens is 584 g/mol. The SMILES string of the molecule is COc1ccc(CN(C2(CO[Si](c3ccccc3)(c3ccccc3)C(C)(C)C)CN(C(C)(C)C)C2)S(=O)(=O)CCl)cc1. The Kier molecular flexibility index (Phi) is 9.67. The molecule has 0 atom stereocenters. The normalized spacial score (nSPS) is 16.3. The van der Waals surface area contributed by atoms with Crippen molar-refractivity contribution in [3.05, 3.63) is 90.5 Å². The minimum Gasteiger partial charge on any atom is -0.497 e. The Bertz CT molecular complexity index is 1380. The monoisotopic (exact) mass is 628 g/mol. The smallest absolute Gasteiger partial charge is 0.261 e. The first-order valence-corrected chi connectivity index (χ1v) is 18.4. The number of benzene rings is 3. The summed E-state index contributed by atoms with van der Waals surface area (Å²) in [6, 6.07) is 28.4. The molecule has 0 unspecified atom stereocenters. The van der Waals surface area contributed by atoms with Crippen LogP contribution in [0.2, 0.25) is 5.04 Å². The van der Waals surface area contributed by atoms with E-state index < -0.39 is 29.1 Å². The Morgan fingerprint density at radius 3 is 1.76 bits per heavy atom. The van der Waals surface area contributed by atoms with Crippen LogP contribution < -0.4 is 15.1 Å². The quantitative estimate of drug-likeness (QED) is 0.209. The van der Waals surface area contributed by atoms with E-state index in [1.807, 2.05) is 36.4 Å². The Hall–Kier alpha value is -2.20. The van der Waals surface area contributed by atoms with Gasteiger partial charge in [0.1, 0.15) is 11.0 Å². The van der Waals surface area contributed by atoms with Gasteiger partial charge in [-0.1, -0.05) is 93.6 Å². The zero-order chi connectivity index (χ0) is 30.8. The third kappa shape index (κ3) is 6.49. The Morgan fingerprint density at radius 1 is 0.857 bits per heavy atom. The fourth-order valence-electron chi connectivity index (χ4n) is 5.98. The molecule has 1 heterocycles. The summed E-state index contributed by atoms with van der Waals surface area (Å²) in [5, 5.41) is 1.58. The second-order valence-corrected chi connectivity index (χ2v) is 20.1. The maximum Gasteiger partial charge on any atom is 0.261 e. The van der Waals surface area contributed by atoms with Crippen molar-refractivity contribution < 1.29 is 17.6 Å². The van der Waals surface area contributed by atoms with Crippen molar-refractivity contribution in [3.8, 4) is 5.75 Å². The molecule has 1 aliphatic rings. The largest absolute Gasteiger partial charge is 0.497 e. The number of halogens is 1. The number of sulfonamides is 1. The van der Waals surface area contributed by atoms with Crippen LogP contribution in [0, 0.1) is 0 Å². The zero-order valence-corrected chi connectivity index (χ0v) is 28.5. The summed E-state index contributed by atoms with van der Waals surface area (Å²) in [7, 11) is -5.12. The van der Waals surface area contributed by atoms with E-state index in [0.29, 0.717) is 13.1 Å². The van der Waals surface area contributed by atoms with Crippen LogP contribution in [0.5, 0.6) is 5.75 Å². The van der Waals surface area contributed by atoms with Crippen LogP contribution in [0.3, 0.4) is 0 Å². The average Bonchev–Trinajstić information content (AvgIpc) is 2.93. The average molecular weight is 629 g/mol. The van der Waals surface area contributed by atoms with Crippen molar-refractivity contribution in [2.24, 2.45) is 0 Å². The predicted molar refractivity (Wildman–Crippen MR) is 176 cm³/mol. The summed E-state index contributed by atoms with van der Waals surface area (Å²) >= 11 is 6.17. The minimum absolute atomic E-state index is 0.128. The van der Waals surface area contributed by atoms with E-state index in [9.17, 15) is 8.42 Å². The topological polar surface area (TPSA) is 59.1 Å². The lowest BCUT2D eigenvalue weighted by Gasteiger charge is -2.60. The third-order valence-electron chi connectivity index (χ3n) is 8.38. The van der Waals surface area contributed by atoms with Gasteiger partial charge in [-0.3, -0.25) is 4.90 Å². The molecule has 0 radical (unpaired) electrons. The number of alkyl halides is 1. The highest BCUT2D eigenvalue weighted by molar-refractivity contribution is 7.90. The van der Waals surface area contributed by atoms with Crippen molar-refractivity contribution in [1.29, 1.82) is 0 Å². The lowest BCUT2D eigenvalue weighted by molar-refractivity contribution is -0.0863. The maximum atomic E-state index is 13.8. The van der Waals surface area contributed by atoms with Crippen LogP contribution in [0.15, 0.2) is 84.9 Å². The fraction of sp³-hybridized carbons (Fsp3) is 0.455. The first-order chi connectivity index (χ1) is 19.7. The molecule has 6 nitrogen and oxygen atoms in total. The third-order valence-corrected chi connectivity index (χ3v) is 15.7. The molecule has 3 aromatic carbocycles. The van der Waals surface area contributed by atoms with Gasteiger partial charge in [0.2, 0.25) is 10.0 Å². The van der Waals surface area contributed by atoms with E-state index in [4.69, 9.17) is 20.8 Å². The minimum atomic E-state index is -3.82. The summed E-state index contributed by atoms with van der Waals surface area (Å²) in [5.74, 6) is 0.720. The standard InChI is InChI=1S/C33H45ClN2O4SSi/c1-31(2,3)35-23-33(24-35,36(41(37,38)26-34)22-27-18-20-28(39-7)21-19-27)25-40-42(32(4,5)6,29-14-10-8-11-15-29)30-16-12-9-13-17-30/h8-21H,22-26H2,1-7H3. The molecule has 42 heavy (non-hydrogen) atoms. The van der Waals surface area contributed by atoms with Crippen molar-refractivity contribution in [2.75, 3.05) is 32.0 Å². The molecule has 9 heteroatoms. The fourth-order valence-corrected chi connectivity index (χ4v) is 12.2. The molecule has 4 rings (SSSR count). The molecule has 0 bridgehead atoms. The molecule has 0 aromatic heterocycles. The summed E-state index contributed by atoms with van der Waals surface area (Å²) in [6.07, 6.45) is 0. The van der Waals surface area contributed by atoms with E-state index in [-0.39, 0.29) is 23.7 Å². The highest BCUT2D eigenvalue weighted by atomic mass is 35.5. The Morgan fingerprint density at radius 2 is 1.36 bits per heavy atom. The zero-order valence-electron chi connectivity index (χ0n) is 25.9. The number of ether oxygens (including phenoxy) is 1. The molecule has 3 aromatic rings. The van der Waals surface area contributed by atoms with Gasteiger partial charge in [-0.2, -0.15) is 4.31 Å². The van der Waals surface area contributed by atoms with Gasteiger partial charge in [0.25, 0.3) is 8.32 Å². The molecular formula is C33H45ClN2O4SSi. The lowest BCUT2D eigenvalue weighted by Crippen LogP contribution is -2.78. The van der Waals surface area contributed by atoms with Crippen molar-refractivity contribution in [2.45, 2.75) is 64.2 Å². The molecule has 1 fully saturated rings. The van der Waals surface area contributed by atoms with Crippen LogP contribution in [-0.4, -0.2) is 69.0 Å². The number of hydrogen-bond acceptors (Lipinski definition) is 5. The van der Waals surface area contributed by atoms with E-state index >= 15 is 0 Å². The number of rotatable bonds is 11. The van der Waals surface area contributed by atoms with Crippen molar-refractivity contribution in [1.82, 2.24) is 9.21 Å². The second-order valence-electron chi connectivity index (χ2n) is 13.3. The van der Waals surface area contributed by atoms with Crippen LogP contribution in [-0.2, 0) is 21.0 Å². The van der Waals surface area contributed by atoms with Crippen molar-refractivity contribution in [3.63, 3.8) is 0 Å². The first kappa shape index (κ1) is 32.7. The van der Waals surface area contributed by atoms with Gasteiger partial charge in [0, 0.05) is 25.2 Å². The van der Waals surface area contributed by atoms with Gasteiger partial charge < -0.3 is 9.16 Å². The highest BCUT2D eigenvalue weighted by Gasteiger charge is 2.57. The van der Waals surface area contributed by atoms with Crippen LogP contribution >= 0.6 is 11.6 Å². The molecule has 1 aliphatic heterocycles. The molecule has 0 amide bonds. The Balaban J connectivity index is 1.83. The van der Waals surface area contributed by atoms with E-state index in [1.165, 1.54) is 0 Å². The molecule has 0 spiro atoms. The van der Waals surface area contributed by atoms with Gasteiger partial charge in [-0.05, 0) is 53.9 Å². The number of hydrogen-bond donors (Lipinski definition) is 0. The van der Waals surface area contributed by atoms with Crippen LogP contribution in [0.4, 0.5) is 0 Å². The van der Waals surface area contributed by atoms with Crippen molar-refractivity contribution >= 4 is 40.3 Å². The van der Waals surface area contributed by atoms with E-state index in [0.717, 1.165) is 21.7 Å². The van der Waals surface area contributed by atoms with E-state index in [1.54, 1.807) is 11.4 Å². The summed E-state index contributed by atoms with van der Waals surface area (Å²) in [6.45, 7) is 14.7. The second kappa shape index (κ2) is 12.4. The Labute approximate surface area is 258 Å².